The lowest BCUT2D eigenvalue weighted by molar-refractivity contribution is 0.281. The van der Waals surface area contributed by atoms with E-state index in [1.165, 1.54) is 12.1 Å². The van der Waals surface area contributed by atoms with E-state index in [0.29, 0.717) is 12.1 Å². The highest BCUT2D eigenvalue weighted by atomic mass is 35.5. The van der Waals surface area contributed by atoms with Gasteiger partial charge in [-0.05, 0) is 17.7 Å². The minimum absolute atomic E-state index is 0.00225. The maximum absolute atomic E-state index is 11.6. The molecule has 84 valence electrons. The summed E-state index contributed by atoms with van der Waals surface area (Å²) in [6.45, 7) is 1.76. The molecule has 0 aromatic heterocycles. The van der Waals surface area contributed by atoms with Crippen LogP contribution in [0.25, 0.3) is 0 Å². The molecule has 1 rings (SSSR count). The van der Waals surface area contributed by atoms with Gasteiger partial charge in [0, 0.05) is 6.54 Å². The summed E-state index contributed by atoms with van der Waals surface area (Å²) in [7, 11) is -3.57. The van der Waals surface area contributed by atoms with E-state index in [1.807, 2.05) is 0 Å². The average Bonchev–Trinajstić information content (AvgIpc) is 2.18. The highest BCUT2D eigenvalue weighted by molar-refractivity contribution is 7.89. The van der Waals surface area contributed by atoms with E-state index in [0.717, 1.165) is 0 Å². The highest BCUT2D eigenvalue weighted by Gasteiger charge is 2.16. The van der Waals surface area contributed by atoms with Crippen molar-refractivity contribution in [2.75, 3.05) is 6.54 Å². The second-order valence-electron chi connectivity index (χ2n) is 2.92. The van der Waals surface area contributed by atoms with E-state index >= 15 is 0 Å². The average molecular weight is 250 g/mol. The van der Waals surface area contributed by atoms with Gasteiger partial charge in [-0.15, -0.1) is 0 Å². The molecule has 0 spiro atoms. The summed E-state index contributed by atoms with van der Waals surface area (Å²) < 4.78 is 25.6. The number of rotatable bonds is 4. The van der Waals surface area contributed by atoms with Crippen LogP contribution in [0.3, 0.4) is 0 Å². The van der Waals surface area contributed by atoms with Crippen molar-refractivity contribution in [1.29, 1.82) is 0 Å². The number of aliphatic hydroxyl groups is 1. The van der Waals surface area contributed by atoms with Crippen molar-refractivity contribution in [3.63, 3.8) is 0 Å². The minimum atomic E-state index is -3.57. The van der Waals surface area contributed by atoms with Gasteiger partial charge in [-0.3, -0.25) is 0 Å². The second kappa shape index (κ2) is 4.94. The summed E-state index contributed by atoms with van der Waals surface area (Å²) in [5, 5.41) is 9.04. The van der Waals surface area contributed by atoms with Gasteiger partial charge in [-0.1, -0.05) is 24.6 Å². The standard InChI is InChI=1S/C9H12ClNO3S/c1-2-11-15(13,14)9-5-7(6-12)3-4-8(9)10/h3-5,11-12H,2,6H2,1H3. The third kappa shape index (κ3) is 2.92. The van der Waals surface area contributed by atoms with E-state index in [1.54, 1.807) is 13.0 Å². The molecule has 15 heavy (non-hydrogen) atoms. The van der Waals surface area contributed by atoms with E-state index in [-0.39, 0.29) is 16.5 Å². The Labute approximate surface area is 93.9 Å². The predicted molar refractivity (Wildman–Crippen MR) is 58.2 cm³/mol. The second-order valence-corrected chi connectivity index (χ2v) is 5.07. The van der Waals surface area contributed by atoms with Crippen LogP contribution in [0, 0.1) is 0 Å². The summed E-state index contributed by atoms with van der Waals surface area (Å²) in [4.78, 5) is -0.00225. The molecule has 0 saturated heterocycles. The number of hydrogen-bond acceptors (Lipinski definition) is 3. The van der Waals surface area contributed by atoms with Crippen LogP contribution in [0.4, 0.5) is 0 Å². The molecule has 0 atom stereocenters. The molecule has 6 heteroatoms. The monoisotopic (exact) mass is 249 g/mol. The molecule has 0 radical (unpaired) electrons. The summed E-state index contributed by atoms with van der Waals surface area (Å²) >= 11 is 5.77. The first-order valence-electron chi connectivity index (χ1n) is 4.40. The summed E-state index contributed by atoms with van der Waals surface area (Å²) in [6, 6.07) is 4.39. The van der Waals surface area contributed by atoms with Gasteiger partial charge in [-0.25, -0.2) is 13.1 Å². The quantitative estimate of drug-likeness (QED) is 0.841. The van der Waals surface area contributed by atoms with Gasteiger partial charge in [0.15, 0.2) is 0 Å². The molecule has 0 aliphatic heterocycles. The van der Waals surface area contributed by atoms with Crippen molar-refractivity contribution in [1.82, 2.24) is 4.72 Å². The lowest BCUT2D eigenvalue weighted by Gasteiger charge is -2.07. The van der Waals surface area contributed by atoms with Crippen LogP contribution >= 0.6 is 11.6 Å². The zero-order chi connectivity index (χ0) is 11.5. The Balaban J connectivity index is 3.24. The topological polar surface area (TPSA) is 66.4 Å². The molecule has 0 saturated carbocycles. The maximum Gasteiger partial charge on any atom is 0.242 e. The molecule has 1 aromatic rings. The van der Waals surface area contributed by atoms with Crippen molar-refractivity contribution in [2.45, 2.75) is 18.4 Å². The largest absolute Gasteiger partial charge is 0.392 e. The van der Waals surface area contributed by atoms with Crippen molar-refractivity contribution in [2.24, 2.45) is 0 Å². The number of benzene rings is 1. The third-order valence-corrected chi connectivity index (χ3v) is 3.83. The van der Waals surface area contributed by atoms with Crippen molar-refractivity contribution in [3.05, 3.63) is 28.8 Å². The summed E-state index contributed by atoms with van der Waals surface area (Å²) in [6.07, 6.45) is 0. The SMILES string of the molecule is CCNS(=O)(=O)c1cc(CO)ccc1Cl. The zero-order valence-electron chi connectivity index (χ0n) is 8.20. The van der Waals surface area contributed by atoms with Gasteiger partial charge >= 0.3 is 0 Å². The Hall–Kier alpha value is -0.620. The van der Waals surface area contributed by atoms with Crippen LogP contribution < -0.4 is 4.72 Å². The van der Waals surface area contributed by atoms with Crippen LogP contribution in [-0.2, 0) is 16.6 Å². The van der Waals surface area contributed by atoms with Crippen molar-refractivity contribution >= 4 is 21.6 Å². The molecule has 0 fully saturated rings. The summed E-state index contributed by atoms with van der Waals surface area (Å²) in [5.41, 5.74) is 0.510. The van der Waals surface area contributed by atoms with E-state index in [4.69, 9.17) is 16.7 Å². The fourth-order valence-corrected chi connectivity index (χ4v) is 2.71. The Kier molecular flexibility index (Phi) is 4.10. The van der Waals surface area contributed by atoms with Crippen LogP contribution in [0.5, 0.6) is 0 Å². The Morgan fingerprint density at radius 1 is 1.47 bits per heavy atom. The molecule has 0 heterocycles. The third-order valence-electron chi connectivity index (χ3n) is 1.80. The van der Waals surface area contributed by atoms with Crippen LogP contribution in [0.1, 0.15) is 12.5 Å². The smallest absolute Gasteiger partial charge is 0.242 e. The molecule has 4 nitrogen and oxygen atoms in total. The number of halogens is 1. The van der Waals surface area contributed by atoms with Gasteiger partial charge < -0.3 is 5.11 Å². The normalized spacial score (nSPS) is 11.7. The molecule has 0 aliphatic carbocycles. The van der Waals surface area contributed by atoms with E-state index < -0.39 is 10.0 Å². The van der Waals surface area contributed by atoms with Crippen LogP contribution in [0.2, 0.25) is 5.02 Å². The number of nitrogens with one attached hydrogen (secondary N) is 1. The fraction of sp³-hybridized carbons (Fsp3) is 0.333. The minimum Gasteiger partial charge on any atom is -0.392 e. The Bertz CT molecular complexity index is 445. The molecule has 0 amide bonds. The van der Waals surface area contributed by atoms with Crippen LogP contribution in [-0.4, -0.2) is 20.1 Å². The predicted octanol–water partition coefficient (Wildman–Crippen LogP) is 1.13. The number of aliphatic hydroxyl groups excluding tert-OH is 1. The van der Waals surface area contributed by atoms with Crippen molar-refractivity contribution < 1.29 is 13.5 Å². The van der Waals surface area contributed by atoms with Gasteiger partial charge in [0.2, 0.25) is 10.0 Å². The van der Waals surface area contributed by atoms with Gasteiger partial charge in [-0.2, -0.15) is 0 Å². The molecule has 0 bridgehead atoms. The van der Waals surface area contributed by atoms with Crippen molar-refractivity contribution in [3.8, 4) is 0 Å². The Morgan fingerprint density at radius 2 is 2.13 bits per heavy atom. The molecular formula is C9H12ClNO3S. The van der Waals surface area contributed by atoms with E-state index in [9.17, 15) is 8.42 Å². The van der Waals surface area contributed by atoms with E-state index in [2.05, 4.69) is 4.72 Å². The van der Waals surface area contributed by atoms with Crippen LogP contribution in [0.15, 0.2) is 23.1 Å². The first kappa shape index (κ1) is 12.4. The molecule has 0 unspecified atom stereocenters. The van der Waals surface area contributed by atoms with Gasteiger partial charge in [0.05, 0.1) is 11.6 Å². The lowest BCUT2D eigenvalue weighted by Crippen LogP contribution is -2.23. The Morgan fingerprint density at radius 3 is 2.67 bits per heavy atom. The fourth-order valence-electron chi connectivity index (χ4n) is 1.12. The molecule has 1 aromatic carbocycles. The molecular weight excluding hydrogens is 238 g/mol. The summed E-state index contributed by atoms with van der Waals surface area (Å²) in [5.74, 6) is 0. The maximum atomic E-state index is 11.6. The van der Waals surface area contributed by atoms with Gasteiger partial charge in [0.25, 0.3) is 0 Å². The number of hydrogen-bond donors (Lipinski definition) is 2. The van der Waals surface area contributed by atoms with Gasteiger partial charge in [0.1, 0.15) is 4.90 Å². The number of sulfonamides is 1. The highest BCUT2D eigenvalue weighted by Crippen LogP contribution is 2.22. The molecule has 2 N–H and O–H groups in total. The first-order chi connectivity index (χ1) is 7.01. The zero-order valence-corrected chi connectivity index (χ0v) is 9.77. The first-order valence-corrected chi connectivity index (χ1v) is 6.26. The molecule has 0 aliphatic rings. The lowest BCUT2D eigenvalue weighted by atomic mass is 10.2.